The van der Waals surface area contributed by atoms with Crippen LogP contribution in [0.5, 0.6) is 0 Å². The lowest BCUT2D eigenvalue weighted by molar-refractivity contribution is 0.361. The number of thiocarbonyl (C=S) groups is 1. The van der Waals surface area contributed by atoms with Gasteiger partial charge in [-0.25, -0.2) is 4.98 Å². The Morgan fingerprint density at radius 3 is 2.74 bits per heavy atom. The van der Waals surface area contributed by atoms with Gasteiger partial charge in [0.1, 0.15) is 10.8 Å². The van der Waals surface area contributed by atoms with Crippen LogP contribution in [-0.4, -0.2) is 23.6 Å². The van der Waals surface area contributed by atoms with Gasteiger partial charge in [-0.2, -0.15) is 0 Å². The van der Waals surface area contributed by atoms with Gasteiger partial charge in [-0.3, -0.25) is 0 Å². The molecule has 4 heteroatoms. The van der Waals surface area contributed by atoms with Crippen LogP contribution < -0.4 is 10.6 Å². The van der Waals surface area contributed by atoms with Crippen molar-refractivity contribution in [1.82, 2.24) is 4.98 Å². The first-order valence-corrected chi connectivity index (χ1v) is 7.47. The molecule has 1 aromatic rings. The number of nitrogens with zero attached hydrogens (tertiary/aromatic N) is 2. The Bertz CT molecular complexity index is 453. The van der Waals surface area contributed by atoms with Crippen molar-refractivity contribution in [2.24, 2.45) is 11.7 Å². The molecule has 1 saturated carbocycles. The lowest BCUT2D eigenvalue weighted by atomic mass is 9.89. The summed E-state index contributed by atoms with van der Waals surface area (Å²) in [5.74, 6) is 1.71. The lowest BCUT2D eigenvalue weighted by Gasteiger charge is -2.29. The summed E-state index contributed by atoms with van der Waals surface area (Å²) < 4.78 is 0. The maximum absolute atomic E-state index is 5.85. The molecule has 1 aromatic heterocycles. The number of aryl methyl sites for hydroxylation is 1. The molecule has 0 unspecified atom stereocenters. The summed E-state index contributed by atoms with van der Waals surface area (Å²) in [7, 11) is 2.10. The van der Waals surface area contributed by atoms with Crippen LogP contribution in [0.3, 0.4) is 0 Å². The summed E-state index contributed by atoms with van der Waals surface area (Å²) in [6.45, 7) is 3.08. The van der Waals surface area contributed by atoms with Crippen molar-refractivity contribution in [1.29, 1.82) is 0 Å². The van der Waals surface area contributed by atoms with Gasteiger partial charge >= 0.3 is 0 Å². The highest BCUT2D eigenvalue weighted by molar-refractivity contribution is 7.80. The molecule has 1 fully saturated rings. The Hall–Kier alpha value is -1.16. The molecule has 0 aliphatic heterocycles. The molecular weight excluding hydrogens is 254 g/mol. The third kappa shape index (κ3) is 3.44. The second-order valence-corrected chi connectivity index (χ2v) is 6.02. The van der Waals surface area contributed by atoms with E-state index in [1.807, 2.05) is 19.2 Å². The molecule has 1 aliphatic rings. The number of anilines is 1. The van der Waals surface area contributed by atoms with E-state index >= 15 is 0 Å². The predicted molar refractivity (Wildman–Crippen MR) is 84.7 cm³/mol. The van der Waals surface area contributed by atoms with Crippen molar-refractivity contribution in [3.63, 3.8) is 0 Å². The van der Waals surface area contributed by atoms with Gasteiger partial charge in [0.15, 0.2) is 0 Å². The third-order valence-corrected chi connectivity index (χ3v) is 4.21. The van der Waals surface area contributed by atoms with E-state index in [-0.39, 0.29) is 0 Å². The third-order valence-electron chi connectivity index (χ3n) is 4.00. The van der Waals surface area contributed by atoms with Crippen LogP contribution in [0.1, 0.15) is 43.2 Å². The first kappa shape index (κ1) is 14.3. The van der Waals surface area contributed by atoms with Crippen LogP contribution in [0, 0.1) is 12.8 Å². The average Bonchev–Trinajstić information content (AvgIpc) is 2.39. The molecule has 1 aliphatic carbocycles. The maximum atomic E-state index is 5.85. The van der Waals surface area contributed by atoms with E-state index in [0.717, 1.165) is 29.4 Å². The van der Waals surface area contributed by atoms with E-state index in [4.69, 9.17) is 18.0 Å². The quantitative estimate of drug-likeness (QED) is 0.859. The molecule has 2 N–H and O–H groups in total. The van der Waals surface area contributed by atoms with Crippen LogP contribution in [0.4, 0.5) is 5.82 Å². The van der Waals surface area contributed by atoms with E-state index in [9.17, 15) is 0 Å². The molecule has 1 heterocycles. The highest BCUT2D eigenvalue weighted by Gasteiger charge is 2.19. The SMILES string of the molecule is Cc1ccnc(N(C)CC2CCCCC2)c1C(N)=S. The zero-order chi connectivity index (χ0) is 13.8. The first-order chi connectivity index (χ1) is 9.09. The minimum absolute atomic E-state index is 0.441. The highest BCUT2D eigenvalue weighted by Crippen LogP contribution is 2.27. The smallest absolute Gasteiger partial charge is 0.138 e. The fraction of sp³-hybridized carbons (Fsp3) is 0.600. The average molecular weight is 277 g/mol. The zero-order valence-electron chi connectivity index (χ0n) is 11.9. The summed E-state index contributed by atoms with van der Waals surface area (Å²) >= 11 is 5.17. The summed E-state index contributed by atoms with van der Waals surface area (Å²) in [6.07, 6.45) is 8.62. The molecule has 0 bridgehead atoms. The molecule has 0 saturated heterocycles. The molecule has 3 nitrogen and oxygen atoms in total. The van der Waals surface area contributed by atoms with Crippen LogP contribution in [-0.2, 0) is 0 Å². The van der Waals surface area contributed by atoms with E-state index < -0.39 is 0 Å². The van der Waals surface area contributed by atoms with Crippen molar-refractivity contribution in [2.75, 3.05) is 18.5 Å². The Balaban J connectivity index is 2.16. The molecule has 0 amide bonds. The van der Waals surface area contributed by atoms with Crippen LogP contribution in [0.15, 0.2) is 12.3 Å². The van der Waals surface area contributed by atoms with Crippen molar-refractivity contribution in [3.05, 3.63) is 23.4 Å². The number of nitrogens with two attached hydrogens (primary N) is 1. The maximum Gasteiger partial charge on any atom is 0.138 e. The van der Waals surface area contributed by atoms with E-state index in [0.29, 0.717) is 4.99 Å². The minimum atomic E-state index is 0.441. The van der Waals surface area contributed by atoms with E-state index in [1.54, 1.807) is 0 Å². The van der Waals surface area contributed by atoms with E-state index in [1.165, 1.54) is 32.1 Å². The summed E-state index contributed by atoms with van der Waals surface area (Å²) in [5.41, 5.74) is 7.88. The van der Waals surface area contributed by atoms with Gasteiger partial charge in [-0.15, -0.1) is 0 Å². The van der Waals surface area contributed by atoms with Crippen LogP contribution >= 0.6 is 12.2 Å². The fourth-order valence-electron chi connectivity index (χ4n) is 2.98. The first-order valence-electron chi connectivity index (χ1n) is 7.06. The van der Waals surface area contributed by atoms with Gasteiger partial charge in [0.2, 0.25) is 0 Å². The second kappa shape index (κ2) is 6.33. The summed E-state index contributed by atoms with van der Waals surface area (Å²) in [6, 6.07) is 1.96. The molecule has 0 spiro atoms. The van der Waals surface area contributed by atoms with Gasteiger partial charge in [0.25, 0.3) is 0 Å². The van der Waals surface area contributed by atoms with Gasteiger partial charge in [0.05, 0.1) is 5.56 Å². The van der Waals surface area contributed by atoms with E-state index in [2.05, 4.69) is 16.9 Å². The number of pyridine rings is 1. The largest absolute Gasteiger partial charge is 0.389 e. The molecule has 0 aromatic carbocycles. The van der Waals surface area contributed by atoms with Crippen molar-refractivity contribution in [3.8, 4) is 0 Å². The van der Waals surface area contributed by atoms with Crippen molar-refractivity contribution >= 4 is 23.0 Å². The Kier molecular flexibility index (Phi) is 4.75. The van der Waals surface area contributed by atoms with Gasteiger partial charge in [-0.05, 0) is 37.3 Å². The molecule has 19 heavy (non-hydrogen) atoms. The molecule has 0 atom stereocenters. The second-order valence-electron chi connectivity index (χ2n) is 5.58. The normalized spacial score (nSPS) is 16.3. The summed E-state index contributed by atoms with van der Waals surface area (Å²) in [5, 5.41) is 0. The Labute approximate surface area is 121 Å². The number of aromatic nitrogens is 1. The Morgan fingerprint density at radius 2 is 2.11 bits per heavy atom. The topological polar surface area (TPSA) is 42.2 Å². The lowest BCUT2D eigenvalue weighted by Crippen LogP contribution is -2.30. The summed E-state index contributed by atoms with van der Waals surface area (Å²) in [4.78, 5) is 7.15. The van der Waals surface area contributed by atoms with Crippen molar-refractivity contribution < 1.29 is 0 Å². The van der Waals surface area contributed by atoms with Crippen LogP contribution in [0.2, 0.25) is 0 Å². The van der Waals surface area contributed by atoms with Gasteiger partial charge in [0, 0.05) is 19.8 Å². The minimum Gasteiger partial charge on any atom is -0.389 e. The zero-order valence-corrected chi connectivity index (χ0v) is 12.7. The number of hydrogen-bond donors (Lipinski definition) is 1. The molecule has 104 valence electrons. The monoisotopic (exact) mass is 277 g/mol. The fourth-order valence-corrected chi connectivity index (χ4v) is 3.23. The standard InChI is InChI=1S/C15H23N3S/c1-11-8-9-17-15(13(11)14(16)19)18(2)10-12-6-4-3-5-7-12/h8-9,12H,3-7,10H2,1-2H3,(H2,16,19). The van der Waals surface area contributed by atoms with Gasteiger partial charge < -0.3 is 10.6 Å². The molecular formula is C15H23N3S. The Morgan fingerprint density at radius 1 is 1.42 bits per heavy atom. The highest BCUT2D eigenvalue weighted by atomic mass is 32.1. The van der Waals surface area contributed by atoms with Gasteiger partial charge in [-0.1, -0.05) is 31.5 Å². The molecule has 0 radical (unpaired) electrons. The number of hydrogen-bond acceptors (Lipinski definition) is 3. The van der Waals surface area contributed by atoms with Crippen LogP contribution in [0.25, 0.3) is 0 Å². The van der Waals surface area contributed by atoms with Crippen molar-refractivity contribution in [2.45, 2.75) is 39.0 Å². The number of rotatable bonds is 4. The molecule has 2 rings (SSSR count). The predicted octanol–water partition coefficient (Wildman–Crippen LogP) is 3.04.